The minimum absolute atomic E-state index is 0.117. The highest BCUT2D eigenvalue weighted by Gasteiger charge is 2.29. The second kappa shape index (κ2) is 11.3. The minimum atomic E-state index is -3.75. The lowest BCUT2D eigenvalue weighted by Gasteiger charge is -2.31. The number of sulfonamides is 1. The molecule has 0 unspecified atom stereocenters. The first kappa shape index (κ1) is 25.7. The summed E-state index contributed by atoms with van der Waals surface area (Å²) in [5.41, 5.74) is 1.11. The number of likely N-dealkylation sites (N-methyl/N-ethyl adjacent to an activating group) is 1. The molecule has 1 atom stereocenters. The summed E-state index contributed by atoms with van der Waals surface area (Å²) in [6.07, 6.45) is 1.04. The summed E-state index contributed by atoms with van der Waals surface area (Å²) in [5.74, 6) is -0.202. The number of benzene rings is 2. The van der Waals surface area contributed by atoms with Gasteiger partial charge in [-0.1, -0.05) is 28.1 Å². The molecule has 0 aliphatic heterocycles. The lowest BCUT2D eigenvalue weighted by atomic mass is 10.1. The van der Waals surface area contributed by atoms with E-state index in [4.69, 9.17) is 4.74 Å². The van der Waals surface area contributed by atoms with Crippen LogP contribution in [-0.2, 0) is 26.2 Å². The lowest BCUT2D eigenvalue weighted by molar-refractivity contribution is -0.139. The Morgan fingerprint density at radius 3 is 2.38 bits per heavy atom. The van der Waals surface area contributed by atoms with E-state index in [-0.39, 0.29) is 12.5 Å². The molecule has 0 bridgehead atoms. The quantitative estimate of drug-likeness (QED) is 0.514. The number of amides is 2. The molecular weight excluding hydrogens is 498 g/mol. The predicted molar refractivity (Wildman–Crippen MR) is 128 cm³/mol. The van der Waals surface area contributed by atoms with E-state index in [0.29, 0.717) is 18.0 Å². The van der Waals surface area contributed by atoms with Crippen LogP contribution in [0.1, 0.15) is 19.4 Å². The third-order valence-electron chi connectivity index (χ3n) is 4.80. The number of nitrogens with zero attached hydrogens (tertiary/aromatic N) is 2. The number of rotatable bonds is 10. The molecule has 0 saturated carbocycles. The summed E-state index contributed by atoms with van der Waals surface area (Å²) in [6, 6.07) is 13.0. The van der Waals surface area contributed by atoms with Crippen LogP contribution in [0, 0.1) is 0 Å². The van der Waals surface area contributed by atoms with E-state index in [9.17, 15) is 18.0 Å². The lowest BCUT2D eigenvalue weighted by Crippen LogP contribution is -2.51. The van der Waals surface area contributed by atoms with Gasteiger partial charge in [0.25, 0.3) is 0 Å². The van der Waals surface area contributed by atoms with Gasteiger partial charge in [0.1, 0.15) is 18.3 Å². The second-order valence-corrected chi connectivity index (χ2v) is 10.0. The van der Waals surface area contributed by atoms with Crippen LogP contribution < -0.4 is 14.4 Å². The number of carbonyl (C=O) groups excluding carboxylic acids is 2. The van der Waals surface area contributed by atoms with Gasteiger partial charge in [-0.3, -0.25) is 13.9 Å². The average molecular weight is 526 g/mol. The van der Waals surface area contributed by atoms with E-state index in [2.05, 4.69) is 21.2 Å². The van der Waals surface area contributed by atoms with Crippen LogP contribution in [0.3, 0.4) is 0 Å². The van der Waals surface area contributed by atoms with Gasteiger partial charge in [0.05, 0.1) is 19.1 Å². The molecular formula is C22H28BrN3O5S. The molecule has 0 heterocycles. The van der Waals surface area contributed by atoms with Crippen molar-refractivity contribution >= 4 is 43.5 Å². The van der Waals surface area contributed by atoms with Crippen molar-refractivity contribution in [1.82, 2.24) is 10.2 Å². The Bertz CT molecular complexity index is 1040. The van der Waals surface area contributed by atoms with E-state index in [1.807, 2.05) is 6.07 Å². The molecule has 2 aromatic rings. The molecule has 10 heteroatoms. The van der Waals surface area contributed by atoms with Gasteiger partial charge in [0, 0.05) is 17.6 Å². The van der Waals surface area contributed by atoms with E-state index < -0.39 is 28.5 Å². The maximum absolute atomic E-state index is 13.3. The molecule has 8 nitrogen and oxygen atoms in total. The average Bonchev–Trinajstić information content (AvgIpc) is 2.75. The summed E-state index contributed by atoms with van der Waals surface area (Å²) < 4.78 is 32.0. The summed E-state index contributed by atoms with van der Waals surface area (Å²) in [6.45, 7) is 3.50. The third kappa shape index (κ3) is 6.96. The molecule has 0 spiro atoms. The molecule has 2 amide bonds. The largest absolute Gasteiger partial charge is 0.497 e. The molecule has 1 N–H and O–H groups in total. The first-order valence-electron chi connectivity index (χ1n) is 10.00. The summed E-state index contributed by atoms with van der Waals surface area (Å²) in [5, 5.41) is 2.72. The van der Waals surface area contributed by atoms with Crippen LogP contribution in [0.4, 0.5) is 5.69 Å². The number of methoxy groups -OCH3 is 1. The summed E-state index contributed by atoms with van der Waals surface area (Å²) in [7, 11) is -2.21. The van der Waals surface area contributed by atoms with Gasteiger partial charge in [-0.2, -0.15) is 0 Å². The van der Waals surface area contributed by atoms with Crippen LogP contribution in [0.25, 0.3) is 0 Å². The zero-order valence-electron chi connectivity index (χ0n) is 18.5. The monoisotopic (exact) mass is 525 g/mol. The fourth-order valence-corrected chi connectivity index (χ4v) is 4.21. The van der Waals surface area contributed by atoms with Crippen molar-refractivity contribution in [2.45, 2.75) is 26.4 Å². The van der Waals surface area contributed by atoms with Crippen molar-refractivity contribution in [1.29, 1.82) is 0 Å². The minimum Gasteiger partial charge on any atom is -0.497 e. The zero-order chi connectivity index (χ0) is 23.9. The fourth-order valence-electron chi connectivity index (χ4n) is 3.09. The molecule has 32 heavy (non-hydrogen) atoms. The van der Waals surface area contributed by atoms with E-state index >= 15 is 0 Å². The van der Waals surface area contributed by atoms with Gasteiger partial charge < -0.3 is 15.0 Å². The smallest absolute Gasteiger partial charge is 0.244 e. The van der Waals surface area contributed by atoms with Crippen molar-refractivity contribution in [2.75, 3.05) is 30.8 Å². The third-order valence-corrected chi connectivity index (χ3v) is 6.47. The van der Waals surface area contributed by atoms with Crippen LogP contribution in [0.2, 0.25) is 0 Å². The Kier molecular flexibility index (Phi) is 9.09. The van der Waals surface area contributed by atoms with E-state index in [1.54, 1.807) is 63.4 Å². The molecule has 0 fully saturated rings. The Hall–Kier alpha value is -2.59. The first-order chi connectivity index (χ1) is 15.1. The normalized spacial score (nSPS) is 12.0. The highest BCUT2D eigenvalue weighted by atomic mass is 79.9. The van der Waals surface area contributed by atoms with Gasteiger partial charge in [-0.15, -0.1) is 0 Å². The fraction of sp³-hybridized carbons (Fsp3) is 0.364. The Morgan fingerprint density at radius 1 is 1.16 bits per heavy atom. The van der Waals surface area contributed by atoms with Crippen LogP contribution >= 0.6 is 15.9 Å². The maximum atomic E-state index is 13.3. The predicted octanol–water partition coefficient (Wildman–Crippen LogP) is 2.78. The van der Waals surface area contributed by atoms with Gasteiger partial charge >= 0.3 is 0 Å². The van der Waals surface area contributed by atoms with Gasteiger partial charge in [-0.25, -0.2) is 8.42 Å². The Morgan fingerprint density at radius 2 is 1.81 bits per heavy atom. The Balaban J connectivity index is 2.38. The molecule has 0 saturated heterocycles. The topological polar surface area (TPSA) is 96.0 Å². The number of nitrogens with one attached hydrogen (secondary N) is 1. The van der Waals surface area contributed by atoms with Gasteiger partial charge in [-0.05, 0) is 55.8 Å². The molecule has 174 valence electrons. The summed E-state index contributed by atoms with van der Waals surface area (Å²) in [4.78, 5) is 27.2. The van der Waals surface area contributed by atoms with Crippen LogP contribution in [0.5, 0.6) is 5.75 Å². The number of halogens is 1. The van der Waals surface area contributed by atoms with Gasteiger partial charge in [0.2, 0.25) is 21.8 Å². The molecule has 0 radical (unpaired) electrons. The Labute approximate surface area is 197 Å². The van der Waals surface area contributed by atoms with Gasteiger partial charge in [0.15, 0.2) is 0 Å². The van der Waals surface area contributed by atoms with Crippen molar-refractivity contribution < 1.29 is 22.7 Å². The number of hydrogen-bond acceptors (Lipinski definition) is 5. The SMILES string of the molecule is CCNC(=O)[C@@H](C)N(Cc1cccc(OC)c1)C(=O)CN(c1ccc(Br)cc1)S(C)(=O)=O. The van der Waals surface area contributed by atoms with Crippen LogP contribution in [-0.4, -0.2) is 57.6 Å². The zero-order valence-corrected chi connectivity index (χ0v) is 20.9. The van der Waals surface area contributed by atoms with Crippen LogP contribution in [0.15, 0.2) is 53.0 Å². The standard InChI is InChI=1S/C22H28BrN3O5S/c1-5-24-22(28)16(2)25(14-17-7-6-8-20(13-17)31-3)21(27)15-26(32(4,29)30)19-11-9-18(23)10-12-19/h6-13,16H,5,14-15H2,1-4H3,(H,24,28)/t16-/m1/s1. The second-order valence-electron chi connectivity index (χ2n) is 7.19. The first-order valence-corrected chi connectivity index (χ1v) is 12.6. The highest BCUT2D eigenvalue weighted by molar-refractivity contribution is 9.10. The number of carbonyl (C=O) groups is 2. The molecule has 0 aliphatic carbocycles. The number of anilines is 1. The molecule has 2 rings (SSSR count). The highest BCUT2D eigenvalue weighted by Crippen LogP contribution is 2.22. The molecule has 0 aliphatic rings. The van der Waals surface area contributed by atoms with Crippen molar-refractivity contribution in [3.8, 4) is 5.75 Å². The van der Waals surface area contributed by atoms with Crippen molar-refractivity contribution in [2.24, 2.45) is 0 Å². The maximum Gasteiger partial charge on any atom is 0.244 e. The van der Waals surface area contributed by atoms with Crippen molar-refractivity contribution in [3.63, 3.8) is 0 Å². The molecule has 0 aromatic heterocycles. The molecule has 2 aromatic carbocycles. The van der Waals surface area contributed by atoms with Crippen molar-refractivity contribution in [3.05, 3.63) is 58.6 Å². The summed E-state index contributed by atoms with van der Waals surface area (Å²) >= 11 is 3.32. The number of hydrogen-bond donors (Lipinski definition) is 1. The van der Waals surface area contributed by atoms with E-state index in [1.165, 1.54) is 4.90 Å². The van der Waals surface area contributed by atoms with E-state index in [0.717, 1.165) is 20.6 Å². The number of ether oxygens (including phenoxy) is 1.